The van der Waals surface area contributed by atoms with E-state index in [1.807, 2.05) is 46.2 Å². The summed E-state index contributed by atoms with van der Waals surface area (Å²) in [5.41, 5.74) is 4.37. The van der Waals surface area contributed by atoms with Crippen LogP contribution in [0.4, 0.5) is 17.1 Å². The molecular weight excluding hydrogens is 440 g/mol. The van der Waals surface area contributed by atoms with Gasteiger partial charge >= 0.3 is 0 Å². The normalized spacial score (nSPS) is 21.5. The Hall–Kier alpha value is -3.35. The summed E-state index contributed by atoms with van der Waals surface area (Å²) in [6.07, 6.45) is 6.79. The number of carbonyl (C=O) groups excluding carboxylic acids is 3. The summed E-state index contributed by atoms with van der Waals surface area (Å²) in [5, 5.41) is 0. The van der Waals surface area contributed by atoms with Crippen LogP contribution in [0.5, 0.6) is 0 Å². The summed E-state index contributed by atoms with van der Waals surface area (Å²) in [4.78, 5) is 48.1. The third kappa shape index (κ3) is 3.87. The zero-order chi connectivity index (χ0) is 23.9. The number of nitrogens with zero attached hydrogens (tertiary/aromatic N) is 4. The summed E-state index contributed by atoms with van der Waals surface area (Å²) in [6, 6.07) is 13.5. The highest BCUT2D eigenvalue weighted by atomic mass is 16.2. The van der Waals surface area contributed by atoms with Crippen molar-refractivity contribution in [2.45, 2.75) is 51.0 Å². The number of amides is 3. The van der Waals surface area contributed by atoms with Crippen LogP contribution >= 0.6 is 0 Å². The molecule has 1 unspecified atom stereocenters. The molecule has 0 N–H and O–H groups in total. The average Bonchev–Trinajstić information content (AvgIpc) is 3.45. The second kappa shape index (κ2) is 9.02. The molecular formula is C28H32N4O3. The van der Waals surface area contributed by atoms with Crippen molar-refractivity contribution in [1.29, 1.82) is 0 Å². The first-order chi connectivity index (χ1) is 17.1. The molecule has 35 heavy (non-hydrogen) atoms. The summed E-state index contributed by atoms with van der Waals surface area (Å²) in [7, 11) is 0. The van der Waals surface area contributed by atoms with Crippen molar-refractivity contribution in [2.75, 3.05) is 47.4 Å². The highest BCUT2D eigenvalue weighted by Gasteiger charge is 2.41. The lowest BCUT2D eigenvalue weighted by Crippen LogP contribution is -2.57. The van der Waals surface area contributed by atoms with E-state index in [2.05, 4.69) is 11.0 Å². The van der Waals surface area contributed by atoms with Crippen LogP contribution in [0, 0.1) is 0 Å². The van der Waals surface area contributed by atoms with E-state index in [9.17, 15) is 14.4 Å². The van der Waals surface area contributed by atoms with Crippen molar-refractivity contribution < 1.29 is 14.4 Å². The van der Waals surface area contributed by atoms with Gasteiger partial charge in [-0.15, -0.1) is 0 Å². The number of fused-ring (bicyclic) bond motifs is 4. The largest absolute Gasteiger partial charge is 0.358 e. The number of likely N-dealkylation sites (tertiary alicyclic amines) is 1. The number of hydrogen-bond acceptors (Lipinski definition) is 4. The average molecular weight is 473 g/mol. The lowest BCUT2D eigenvalue weighted by molar-refractivity contribution is -0.124. The predicted molar refractivity (Wildman–Crippen MR) is 136 cm³/mol. The quantitative estimate of drug-likeness (QED) is 0.685. The number of hydrogen-bond donors (Lipinski definition) is 0. The molecule has 0 saturated carbocycles. The van der Waals surface area contributed by atoms with Crippen molar-refractivity contribution in [3.8, 4) is 0 Å². The van der Waals surface area contributed by atoms with Gasteiger partial charge in [-0.25, -0.2) is 0 Å². The van der Waals surface area contributed by atoms with Gasteiger partial charge in [0.05, 0.1) is 11.4 Å². The molecule has 4 heterocycles. The maximum atomic E-state index is 13.7. The monoisotopic (exact) mass is 472 g/mol. The summed E-state index contributed by atoms with van der Waals surface area (Å²) in [6.45, 7) is 3.03. The van der Waals surface area contributed by atoms with E-state index in [4.69, 9.17) is 0 Å². The fourth-order valence-electron chi connectivity index (χ4n) is 6.17. The molecule has 2 fully saturated rings. The molecule has 2 saturated heterocycles. The van der Waals surface area contributed by atoms with Crippen LogP contribution < -0.4 is 14.7 Å². The Kier molecular flexibility index (Phi) is 5.71. The number of para-hydroxylation sites is 1. The first kappa shape index (κ1) is 22.1. The van der Waals surface area contributed by atoms with Gasteiger partial charge in [0.15, 0.2) is 0 Å². The van der Waals surface area contributed by atoms with E-state index < -0.39 is 0 Å². The first-order valence-electron chi connectivity index (χ1n) is 13.0. The molecule has 4 aliphatic heterocycles. The summed E-state index contributed by atoms with van der Waals surface area (Å²) in [5.74, 6) is -0.0895. The molecule has 0 bridgehead atoms. The van der Waals surface area contributed by atoms with Gasteiger partial charge in [0.1, 0.15) is 12.6 Å². The third-order valence-corrected chi connectivity index (χ3v) is 7.97. The molecule has 3 amide bonds. The summed E-state index contributed by atoms with van der Waals surface area (Å²) >= 11 is 0. The standard InChI is InChI=1S/C28H32N4O3/c33-26(31-17-7-9-20-8-1-2-10-22(20)31)19-32-25-18-21(27(34)29-14-5-6-15-29)12-13-23(25)30-16-4-3-11-24(30)28(32)35/h1-2,8,10,12-13,18,24H,3-7,9,11,14-17,19H2. The van der Waals surface area contributed by atoms with Crippen LogP contribution in [0.3, 0.4) is 0 Å². The van der Waals surface area contributed by atoms with Crippen molar-refractivity contribution in [1.82, 2.24) is 4.90 Å². The molecule has 182 valence electrons. The van der Waals surface area contributed by atoms with Crippen molar-refractivity contribution in [3.63, 3.8) is 0 Å². The van der Waals surface area contributed by atoms with E-state index in [1.165, 1.54) is 5.56 Å². The molecule has 0 radical (unpaired) electrons. The Balaban J connectivity index is 1.35. The third-order valence-electron chi connectivity index (χ3n) is 7.97. The minimum Gasteiger partial charge on any atom is -0.358 e. The van der Waals surface area contributed by atoms with Gasteiger partial charge in [-0.05, 0) is 74.8 Å². The highest BCUT2D eigenvalue weighted by molar-refractivity contribution is 6.11. The van der Waals surface area contributed by atoms with Crippen molar-refractivity contribution >= 4 is 34.8 Å². The van der Waals surface area contributed by atoms with Crippen molar-refractivity contribution in [2.24, 2.45) is 0 Å². The van der Waals surface area contributed by atoms with Crippen LogP contribution in [-0.4, -0.2) is 61.4 Å². The molecule has 1 atom stereocenters. The molecule has 0 aromatic heterocycles. The lowest BCUT2D eigenvalue weighted by atomic mass is 9.95. The van der Waals surface area contributed by atoms with E-state index in [0.717, 1.165) is 76.0 Å². The maximum Gasteiger partial charge on any atom is 0.253 e. The minimum atomic E-state index is -0.238. The molecule has 2 aromatic carbocycles. The van der Waals surface area contributed by atoms with Crippen molar-refractivity contribution in [3.05, 3.63) is 53.6 Å². The predicted octanol–water partition coefficient (Wildman–Crippen LogP) is 3.61. The van der Waals surface area contributed by atoms with E-state index in [1.54, 1.807) is 4.90 Å². The van der Waals surface area contributed by atoms with Crippen LogP contribution in [0.2, 0.25) is 0 Å². The van der Waals surface area contributed by atoms with E-state index in [-0.39, 0.29) is 30.3 Å². The molecule has 4 aliphatic rings. The Morgan fingerprint density at radius 2 is 1.63 bits per heavy atom. The van der Waals surface area contributed by atoms with Gasteiger partial charge in [-0.1, -0.05) is 18.2 Å². The van der Waals surface area contributed by atoms with Crippen LogP contribution in [0.15, 0.2) is 42.5 Å². The zero-order valence-corrected chi connectivity index (χ0v) is 20.1. The Bertz CT molecular complexity index is 1170. The molecule has 0 aliphatic carbocycles. The number of carbonyl (C=O) groups is 3. The van der Waals surface area contributed by atoms with Crippen LogP contribution in [0.1, 0.15) is 54.4 Å². The molecule has 6 rings (SSSR count). The van der Waals surface area contributed by atoms with Gasteiger partial charge in [0, 0.05) is 37.4 Å². The first-order valence-corrected chi connectivity index (χ1v) is 13.0. The van der Waals surface area contributed by atoms with E-state index in [0.29, 0.717) is 17.8 Å². The van der Waals surface area contributed by atoms with Gasteiger partial charge in [0.25, 0.3) is 5.91 Å². The molecule has 0 spiro atoms. The fourth-order valence-corrected chi connectivity index (χ4v) is 6.17. The second-order valence-electron chi connectivity index (χ2n) is 10.1. The number of benzene rings is 2. The summed E-state index contributed by atoms with van der Waals surface area (Å²) < 4.78 is 0. The van der Waals surface area contributed by atoms with Gasteiger partial charge in [-0.3, -0.25) is 19.3 Å². The molecule has 7 heteroatoms. The lowest BCUT2D eigenvalue weighted by Gasteiger charge is -2.45. The van der Waals surface area contributed by atoms with E-state index >= 15 is 0 Å². The minimum absolute atomic E-state index is 0.00807. The van der Waals surface area contributed by atoms with Crippen LogP contribution in [0.25, 0.3) is 0 Å². The Morgan fingerprint density at radius 1 is 0.829 bits per heavy atom. The van der Waals surface area contributed by atoms with Crippen LogP contribution in [-0.2, 0) is 16.0 Å². The number of rotatable bonds is 3. The number of aryl methyl sites for hydroxylation is 1. The zero-order valence-electron chi connectivity index (χ0n) is 20.1. The van der Waals surface area contributed by atoms with Gasteiger partial charge in [0.2, 0.25) is 11.8 Å². The maximum absolute atomic E-state index is 13.7. The Morgan fingerprint density at radius 3 is 2.49 bits per heavy atom. The topological polar surface area (TPSA) is 64.2 Å². The number of anilines is 3. The second-order valence-corrected chi connectivity index (χ2v) is 10.1. The molecule has 7 nitrogen and oxygen atoms in total. The highest BCUT2D eigenvalue weighted by Crippen LogP contribution is 2.40. The van der Waals surface area contributed by atoms with Gasteiger partial charge in [-0.2, -0.15) is 0 Å². The Labute approximate surface area is 206 Å². The number of piperidine rings is 1. The smallest absolute Gasteiger partial charge is 0.253 e. The fraction of sp³-hybridized carbons (Fsp3) is 0.464. The SMILES string of the molecule is O=C(c1ccc2c(c1)N(CC(=O)N1CCCc3ccccc31)C(=O)C1CCCCN21)N1CCCC1. The molecule has 2 aromatic rings. The van der Waals surface area contributed by atoms with Gasteiger partial charge < -0.3 is 14.7 Å².